The Labute approximate surface area is 208 Å². The van der Waals surface area contributed by atoms with E-state index in [2.05, 4.69) is 15.8 Å². The van der Waals surface area contributed by atoms with Crippen molar-refractivity contribution in [2.75, 3.05) is 5.32 Å². The minimum Gasteiger partial charge on any atom is -0.337 e. The Morgan fingerprint density at radius 1 is 1.03 bits per heavy atom. The molecule has 2 heterocycles. The molecule has 0 atom stereocenters. The Morgan fingerprint density at radius 2 is 1.81 bits per heavy atom. The van der Waals surface area contributed by atoms with Crippen molar-refractivity contribution in [3.05, 3.63) is 106 Å². The Hall–Kier alpha value is -4.83. The molecular formula is C26H19N5O4S. The van der Waals surface area contributed by atoms with Crippen molar-refractivity contribution >= 4 is 61.7 Å². The van der Waals surface area contributed by atoms with Crippen molar-refractivity contribution in [3.63, 3.8) is 0 Å². The molecule has 0 fully saturated rings. The standard InChI is InChI=1S/C26H19N5O4S/c32-25(28-19-6-2-1-3-7-19)16-30-15-18(21-8-4-5-9-22(21)30)14-27-29-26(33)24-13-17-12-20(31(34)35)10-11-23(17)36-24/h1-15H,16H2,(H,28,32)(H,29,33). The Bertz CT molecular complexity index is 1640. The minimum atomic E-state index is -0.469. The molecule has 0 unspecified atom stereocenters. The van der Waals surface area contributed by atoms with Gasteiger partial charge in [-0.15, -0.1) is 11.3 Å². The third-order valence-electron chi connectivity index (χ3n) is 5.50. The minimum absolute atomic E-state index is 0.0286. The number of aromatic nitrogens is 1. The number of hydrogen-bond donors (Lipinski definition) is 2. The fourth-order valence-electron chi connectivity index (χ4n) is 3.86. The van der Waals surface area contributed by atoms with Crippen LogP contribution < -0.4 is 10.7 Å². The van der Waals surface area contributed by atoms with Crippen molar-refractivity contribution < 1.29 is 14.5 Å². The molecule has 0 saturated heterocycles. The van der Waals surface area contributed by atoms with Gasteiger partial charge in [0.15, 0.2) is 0 Å². The summed E-state index contributed by atoms with van der Waals surface area (Å²) in [5, 5.41) is 19.5. The summed E-state index contributed by atoms with van der Waals surface area (Å²) in [6, 6.07) is 22.9. The zero-order valence-electron chi connectivity index (χ0n) is 18.8. The smallest absolute Gasteiger partial charge is 0.281 e. The number of anilines is 1. The van der Waals surface area contributed by atoms with Crippen LogP contribution in [0, 0.1) is 10.1 Å². The first-order valence-electron chi connectivity index (χ1n) is 10.9. The highest BCUT2D eigenvalue weighted by molar-refractivity contribution is 7.20. The molecule has 10 heteroatoms. The van der Waals surface area contributed by atoms with E-state index in [1.165, 1.54) is 29.7 Å². The molecule has 0 aliphatic carbocycles. The number of nitrogens with one attached hydrogen (secondary N) is 2. The zero-order chi connectivity index (χ0) is 25.1. The van der Waals surface area contributed by atoms with E-state index in [9.17, 15) is 19.7 Å². The van der Waals surface area contributed by atoms with Gasteiger partial charge in [-0.1, -0.05) is 36.4 Å². The lowest BCUT2D eigenvalue weighted by molar-refractivity contribution is -0.384. The third-order valence-corrected chi connectivity index (χ3v) is 6.61. The number of carbonyl (C=O) groups excluding carboxylic acids is 2. The summed E-state index contributed by atoms with van der Waals surface area (Å²) in [5.41, 5.74) is 4.81. The summed E-state index contributed by atoms with van der Waals surface area (Å²) < 4.78 is 2.60. The number of nitrogens with zero attached hydrogens (tertiary/aromatic N) is 3. The van der Waals surface area contributed by atoms with Gasteiger partial charge in [-0.25, -0.2) is 5.43 Å². The molecule has 5 rings (SSSR count). The normalized spacial score (nSPS) is 11.2. The number of hydrogen-bond acceptors (Lipinski definition) is 6. The molecule has 0 bridgehead atoms. The number of nitro benzene ring substituents is 1. The van der Waals surface area contributed by atoms with E-state index >= 15 is 0 Å². The second-order valence-electron chi connectivity index (χ2n) is 7.93. The SMILES string of the molecule is O=C(Cn1cc(C=NNC(=O)c2cc3cc([N+](=O)[O-])ccc3s2)c2ccccc21)Nc1ccccc1. The van der Waals surface area contributed by atoms with Crippen LogP contribution in [0.2, 0.25) is 0 Å². The predicted molar refractivity (Wildman–Crippen MR) is 141 cm³/mol. The van der Waals surface area contributed by atoms with Crippen LogP contribution in [0.15, 0.2) is 90.2 Å². The largest absolute Gasteiger partial charge is 0.337 e. The molecule has 0 saturated carbocycles. The summed E-state index contributed by atoms with van der Waals surface area (Å²) in [6.45, 7) is 0.115. The van der Waals surface area contributed by atoms with E-state index in [1.807, 2.05) is 65.4 Å². The average Bonchev–Trinajstić information content (AvgIpc) is 3.46. The Morgan fingerprint density at radius 3 is 2.61 bits per heavy atom. The number of carbonyl (C=O) groups is 2. The molecule has 178 valence electrons. The first-order valence-corrected chi connectivity index (χ1v) is 11.7. The number of rotatable bonds is 7. The first-order chi connectivity index (χ1) is 17.5. The van der Waals surface area contributed by atoms with Gasteiger partial charge in [0.05, 0.1) is 16.0 Å². The molecular weight excluding hydrogens is 478 g/mol. The number of amides is 2. The van der Waals surface area contributed by atoms with Crippen LogP contribution in [0.25, 0.3) is 21.0 Å². The third kappa shape index (κ3) is 4.84. The predicted octanol–water partition coefficient (Wildman–Crippen LogP) is 5.17. The molecule has 3 aromatic carbocycles. The maximum Gasteiger partial charge on any atom is 0.281 e. The summed E-state index contributed by atoms with van der Waals surface area (Å²) in [4.78, 5) is 36.1. The van der Waals surface area contributed by atoms with E-state index < -0.39 is 10.8 Å². The number of thiophene rings is 1. The van der Waals surface area contributed by atoms with Gasteiger partial charge in [0.2, 0.25) is 5.91 Å². The monoisotopic (exact) mass is 497 g/mol. The molecule has 2 aromatic heterocycles. The van der Waals surface area contributed by atoms with Gasteiger partial charge in [-0.05, 0) is 30.3 Å². The molecule has 5 aromatic rings. The summed E-state index contributed by atoms with van der Waals surface area (Å²) >= 11 is 1.23. The summed E-state index contributed by atoms with van der Waals surface area (Å²) in [6.07, 6.45) is 3.34. The fourth-order valence-corrected chi connectivity index (χ4v) is 4.79. The van der Waals surface area contributed by atoms with Gasteiger partial charge in [-0.3, -0.25) is 19.7 Å². The second-order valence-corrected chi connectivity index (χ2v) is 9.02. The number of benzene rings is 3. The number of para-hydroxylation sites is 2. The van der Waals surface area contributed by atoms with Crippen LogP contribution in [0.4, 0.5) is 11.4 Å². The second kappa shape index (κ2) is 9.80. The molecule has 9 nitrogen and oxygen atoms in total. The lowest BCUT2D eigenvalue weighted by Crippen LogP contribution is -2.18. The van der Waals surface area contributed by atoms with Gasteiger partial charge < -0.3 is 9.88 Å². The molecule has 36 heavy (non-hydrogen) atoms. The van der Waals surface area contributed by atoms with Gasteiger partial charge in [0.25, 0.3) is 11.6 Å². The van der Waals surface area contributed by atoms with Gasteiger partial charge in [0.1, 0.15) is 6.54 Å². The van der Waals surface area contributed by atoms with Crippen molar-refractivity contribution in [1.29, 1.82) is 0 Å². The van der Waals surface area contributed by atoms with E-state index in [-0.39, 0.29) is 18.1 Å². The Balaban J connectivity index is 1.31. The van der Waals surface area contributed by atoms with E-state index in [4.69, 9.17) is 0 Å². The lowest BCUT2D eigenvalue weighted by atomic mass is 10.2. The zero-order valence-corrected chi connectivity index (χ0v) is 19.6. The molecule has 2 amide bonds. The summed E-state index contributed by atoms with van der Waals surface area (Å²) in [5.74, 6) is -0.579. The fraction of sp³-hybridized carbons (Fsp3) is 0.0385. The maximum absolute atomic E-state index is 12.6. The molecule has 0 aliphatic rings. The van der Waals surface area contributed by atoms with Crippen molar-refractivity contribution in [2.24, 2.45) is 5.10 Å². The quantitative estimate of drug-likeness (QED) is 0.183. The van der Waals surface area contributed by atoms with E-state index in [1.54, 1.807) is 12.1 Å². The van der Waals surface area contributed by atoms with Gasteiger partial charge >= 0.3 is 0 Å². The molecule has 2 N–H and O–H groups in total. The van der Waals surface area contributed by atoms with Crippen LogP contribution in [0.1, 0.15) is 15.2 Å². The summed E-state index contributed by atoms with van der Waals surface area (Å²) in [7, 11) is 0. The van der Waals surface area contributed by atoms with Gasteiger partial charge in [-0.2, -0.15) is 5.10 Å². The Kier molecular flexibility index (Phi) is 6.25. The maximum atomic E-state index is 12.6. The molecule has 0 spiro atoms. The van der Waals surface area contributed by atoms with Crippen LogP contribution in [-0.4, -0.2) is 27.5 Å². The average molecular weight is 498 g/mol. The van der Waals surface area contributed by atoms with Crippen molar-refractivity contribution in [3.8, 4) is 0 Å². The molecule has 0 aliphatic heterocycles. The number of fused-ring (bicyclic) bond motifs is 2. The van der Waals surface area contributed by atoms with Crippen LogP contribution in [0.5, 0.6) is 0 Å². The van der Waals surface area contributed by atoms with Crippen molar-refractivity contribution in [1.82, 2.24) is 9.99 Å². The van der Waals surface area contributed by atoms with E-state index in [0.29, 0.717) is 10.3 Å². The lowest BCUT2D eigenvalue weighted by Gasteiger charge is -2.07. The highest BCUT2D eigenvalue weighted by atomic mass is 32.1. The number of nitro groups is 1. The molecule has 0 radical (unpaired) electrons. The highest BCUT2D eigenvalue weighted by Crippen LogP contribution is 2.29. The van der Waals surface area contributed by atoms with Crippen LogP contribution in [-0.2, 0) is 11.3 Å². The van der Waals surface area contributed by atoms with Crippen LogP contribution in [0.3, 0.4) is 0 Å². The highest BCUT2D eigenvalue weighted by Gasteiger charge is 2.14. The number of hydrazone groups is 1. The first kappa shape index (κ1) is 22.9. The van der Waals surface area contributed by atoms with Crippen molar-refractivity contribution in [2.45, 2.75) is 6.54 Å². The number of non-ortho nitro benzene ring substituents is 1. The van der Waals surface area contributed by atoms with E-state index in [0.717, 1.165) is 26.9 Å². The topological polar surface area (TPSA) is 119 Å². The van der Waals surface area contributed by atoms with Crippen LogP contribution >= 0.6 is 11.3 Å². The van der Waals surface area contributed by atoms with Gasteiger partial charge in [0, 0.05) is 50.6 Å².